The van der Waals surface area contributed by atoms with Gasteiger partial charge in [-0.05, 0) is 5.56 Å². The maximum atomic E-state index is 11.2. The summed E-state index contributed by atoms with van der Waals surface area (Å²) in [5, 5.41) is 8.41. The molecule has 80 valence electrons. The largest absolute Gasteiger partial charge is 0.481 e. The lowest BCUT2D eigenvalue weighted by Crippen LogP contribution is -2.17. The van der Waals surface area contributed by atoms with E-state index in [9.17, 15) is 9.59 Å². The highest BCUT2D eigenvalue weighted by Crippen LogP contribution is 2.14. The second-order valence-corrected chi connectivity index (χ2v) is 3.33. The van der Waals surface area contributed by atoms with Crippen molar-refractivity contribution in [1.29, 1.82) is 0 Å². The van der Waals surface area contributed by atoms with Gasteiger partial charge in [-0.25, -0.2) is 0 Å². The van der Waals surface area contributed by atoms with Crippen LogP contribution in [0.1, 0.15) is 24.4 Å². The molecule has 4 heteroatoms. The van der Waals surface area contributed by atoms with E-state index in [1.54, 1.807) is 0 Å². The molecule has 0 fully saturated rings. The van der Waals surface area contributed by atoms with Crippen LogP contribution < -0.4 is 5.73 Å². The minimum absolute atomic E-state index is 0.0658. The Balaban J connectivity index is 2.53. The van der Waals surface area contributed by atoms with Crippen LogP contribution in [0.3, 0.4) is 0 Å². The number of nitrogens with two attached hydrogens (primary N) is 1. The maximum Gasteiger partial charge on any atom is 0.310 e. The Morgan fingerprint density at radius 2 is 1.87 bits per heavy atom. The molecule has 4 nitrogen and oxygen atoms in total. The number of carbonyl (C=O) groups is 2. The van der Waals surface area contributed by atoms with Gasteiger partial charge in [0.05, 0.1) is 0 Å². The van der Waals surface area contributed by atoms with Crippen LogP contribution in [0.5, 0.6) is 0 Å². The van der Waals surface area contributed by atoms with E-state index in [1.807, 2.05) is 30.3 Å². The fraction of sp³-hybridized carbons (Fsp3) is 0.273. The van der Waals surface area contributed by atoms with Crippen molar-refractivity contribution in [3.63, 3.8) is 0 Å². The number of Topliss-reactive ketones (excluding diaryl/α,β-unsaturated/α-hetero) is 1. The molecule has 0 aliphatic rings. The zero-order valence-corrected chi connectivity index (χ0v) is 8.22. The topological polar surface area (TPSA) is 80.4 Å². The number of carboxylic acid groups (broad SMARTS) is 1. The number of carboxylic acids is 1. The average molecular weight is 207 g/mol. The van der Waals surface area contributed by atoms with Crippen LogP contribution >= 0.6 is 0 Å². The number of rotatable bonds is 5. The lowest BCUT2D eigenvalue weighted by Gasteiger charge is -2.09. The third-order valence-electron chi connectivity index (χ3n) is 2.02. The van der Waals surface area contributed by atoms with E-state index in [2.05, 4.69) is 0 Å². The van der Waals surface area contributed by atoms with Crippen LogP contribution in [0, 0.1) is 0 Å². The summed E-state index contributed by atoms with van der Waals surface area (Å²) in [5.41, 5.74) is 6.60. The average Bonchev–Trinajstić information content (AvgIpc) is 2.17. The second kappa shape index (κ2) is 5.26. The van der Waals surface area contributed by atoms with Gasteiger partial charge in [-0.1, -0.05) is 30.3 Å². The van der Waals surface area contributed by atoms with Gasteiger partial charge in [0.15, 0.2) is 0 Å². The summed E-state index contributed by atoms with van der Waals surface area (Å²) in [6.07, 6.45) is -0.392. The Labute approximate surface area is 87.7 Å². The Morgan fingerprint density at radius 3 is 2.40 bits per heavy atom. The van der Waals surface area contributed by atoms with Crippen molar-refractivity contribution in [2.24, 2.45) is 5.73 Å². The van der Waals surface area contributed by atoms with Crippen LogP contribution in [0.2, 0.25) is 0 Å². The Hall–Kier alpha value is -1.68. The van der Waals surface area contributed by atoms with Crippen LogP contribution in [0.4, 0.5) is 0 Å². The molecule has 15 heavy (non-hydrogen) atoms. The highest BCUT2D eigenvalue weighted by atomic mass is 16.4. The molecule has 1 aromatic carbocycles. The molecule has 0 spiro atoms. The summed E-state index contributed by atoms with van der Waals surface area (Å²) < 4.78 is 0. The molecule has 0 saturated heterocycles. The van der Waals surface area contributed by atoms with E-state index in [-0.39, 0.29) is 12.2 Å². The fourth-order valence-electron chi connectivity index (χ4n) is 1.30. The van der Waals surface area contributed by atoms with Crippen molar-refractivity contribution in [1.82, 2.24) is 0 Å². The smallest absolute Gasteiger partial charge is 0.310 e. The molecule has 0 bridgehead atoms. The molecule has 0 aliphatic carbocycles. The highest BCUT2D eigenvalue weighted by Gasteiger charge is 2.13. The monoisotopic (exact) mass is 207 g/mol. The molecular formula is C11H13NO3. The minimum Gasteiger partial charge on any atom is -0.481 e. The predicted octanol–water partition coefficient (Wildman–Crippen LogP) is 1.12. The second-order valence-electron chi connectivity index (χ2n) is 3.33. The van der Waals surface area contributed by atoms with Crippen molar-refractivity contribution >= 4 is 11.8 Å². The Bertz CT molecular complexity index is 348. The van der Waals surface area contributed by atoms with Gasteiger partial charge < -0.3 is 10.8 Å². The van der Waals surface area contributed by atoms with E-state index in [0.717, 1.165) is 5.56 Å². The zero-order chi connectivity index (χ0) is 11.3. The Kier molecular flexibility index (Phi) is 4.00. The molecule has 1 atom stereocenters. The molecule has 0 aliphatic heterocycles. The molecule has 0 heterocycles. The normalized spacial score (nSPS) is 12.1. The number of ketones is 1. The SMILES string of the molecule is NC(CC(=O)CC(=O)O)c1ccccc1. The maximum absolute atomic E-state index is 11.2. The van der Waals surface area contributed by atoms with Gasteiger partial charge in [-0.15, -0.1) is 0 Å². The van der Waals surface area contributed by atoms with Crippen molar-refractivity contribution in [2.45, 2.75) is 18.9 Å². The van der Waals surface area contributed by atoms with E-state index in [1.165, 1.54) is 0 Å². The lowest BCUT2D eigenvalue weighted by molar-refractivity contribution is -0.140. The molecule has 0 amide bonds. The summed E-state index contributed by atoms with van der Waals surface area (Å²) in [5.74, 6) is -1.46. The predicted molar refractivity (Wildman–Crippen MR) is 55.2 cm³/mol. The molecule has 0 radical (unpaired) electrons. The summed E-state index contributed by atoms with van der Waals surface area (Å²) in [4.78, 5) is 21.4. The van der Waals surface area contributed by atoms with Crippen molar-refractivity contribution < 1.29 is 14.7 Å². The summed E-state index contributed by atoms with van der Waals surface area (Å²) in [6.45, 7) is 0. The molecule has 1 rings (SSSR count). The first-order valence-electron chi connectivity index (χ1n) is 4.63. The number of hydrogen-bond acceptors (Lipinski definition) is 3. The Morgan fingerprint density at radius 1 is 1.27 bits per heavy atom. The molecule has 0 aromatic heterocycles. The molecule has 3 N–H and O–H groups in total. The molecule has 1 aromatic rings. The summed E-state index contributed by atoms with van der Waals surface area (Å²) in [6, 6.07) is 8.73. The first-order chi connectivity index (χ1) is 7.09. The van der Waals surface area contributed by atoms with Gasteiger partial charge in [0.1, 0.15) is 12.2 Å². The van der Waals surface area contributed by atoms with Crippen LogP contribution in [0.15, 0.2) is 30.3 Å². The van der Waals surface area contributed by atoms with E-state index in [0.29, 0.717) is 0 Å². The first-order valence-corrected chi connectivity index (χ1v) is 4.63. The highest BCUT2D eigenvalue weighted by molar-refractivity contribution is 5.94. The molecule has 0 saturated carbocycles. The van der Waals surface area contributed by atoms with Crippen LogP contribution in [-0.2, 0) is 9.59 Å². The zero-order valence-electron chi connectivity index (χ0n) is 8.22. The lowest BCUT2D eigenvalue weighted by atomic mass is 10.0. The van der Waals surface area contributed by atoms with Gasteiger partial charge >= 0.3 is 5.97 Å². The molecule has 1 unspecified atom stereocenters. The van der Waals surface area contributed by atoms with E-state index < -0.39 is 18.4 Å². The third-order valence-corrected chi connectivity index (χ3v) is 2.02. The van der Waals surface area contributed by atoms with E-state index >= 15 is 0 Å². The van der Waals surface area contributed by atoms with Crippen LogP contribution in [0.25, 0.3) is 0 Å². The van der Waals surface area contributed by atoms with Crippen molar-refractivity contribution in [3.05, 3.63) is 35.9 Å². The number of benzene rings is 1. The number of carbonyl (C=O) groups excluding carboxylic acids is 1. The fourth-order valence-corrected chi connectivity index (χ4v) is 1.30. The first kappa shape index (κ1) is 11.4. The third kappa shape index (κ3) is 3.91. The molecular weight excluding hydrogens is 194 g/mol. The van der Waals surface area contributed by atoms with E-state index in [4.69, 9.17) is 10.8 Å². The summed E-state index contributed by atoms with van der Waals surface area (Å²) >= 11 is 0. The standard InChI is InChI=1S/C11H13NO3/c12-10(6-9(13)7-11(14)15)8-4-2-1-3-5-8/h1-5,10H,6-7,12H2,(H,14,15). The van der Waals surface area contributed by atoms with Gasteiger partial charge in [0, 0.05) is 12.5 Å². The van der Waals surface area contributed by atoms with Gasteiger partial charge in [0.2, 0.25) is 0 Å². The van der Waals surface area contributed by atoms with Gasteiger partial charge in [-0.3, -0.25) is 9.59 Å². The number of hydrogen-bond donors (Lipinski definition) is 2. The van der Waals surface area contributed by atoms with Crippen LogP contribution in [-0.4, -0.2) is 16.9 Å². The van der Waals surface area contributed by atoms with Gasteiger partial charge in [0.25, 0.3) is 0 Å². The van der Waals surface area contributed by atoms with Crippen molar-refractivity contribution in [2.75, 3.05) is 0 Å². The quantitative estimate of drug-likeness (QED) is 0.709. The summed E-state index contributed by atoms with van der Waals surface area (Å²) in [7, 11) is 0. The number of aliphatic carboxylic acids is 1. The van der Waals surface area contributed by atoms with Crippen molar-refractivity contribution in [3.8, 4) is 0 Å². The van der Waals surface area contributed by atoms with Gasteiger partial charge in [-0.2, -0.15) is 0 Å². The minimum atomic E-state index is -1.11.